The van der Waals surface area contributed by atoms with Gasteiger partial charge < -0.3 is 9.47 Å². The molecular weight excluding hydrogens is 484 g/mol. The predicted molar refractivity (Wildman–Crippen MR) is 139 cm³/mol. The number of aryl methyl sites for hydroxylation is 2. The van der Waals surface area contributed by atoms with Crippen LogP contribution in [0.25, 0.3) is 0 Å². The Morgan fingerprint density at radius 3 is 1.26 bits per heavy atom. The highest BCUT2D eigenvalue weighted by Gasteiger charge is 2.72. The third kappa shape index (κ3) is 3.65. The second-order valence-corrected chi connectivity index (χ2v) is 11.3. The summed E-state index contributed by atoms with van der Waals surface area (Å²) in [5, 5.41) is 6.65. The van der Waals surface area contributed by atoms with Gasteiger partial charge in [-0.3, -0.25) is 29.8 Å². The number of ketones is 2. The maximum atomic E-state index is 14.6. The molecule has 2 aromatic carbocycles. The van der Waals surface area contributed by atoms with Crippen LogP contribution < -0.4 is 10.6 Å². The summed E-state index contributed by atoms with van der Waals surface area (Å²) in [7, 11) is 2.56. The Labute approximate surface area is 222 Å². The van der Waals surface area contributed by atoms with E-state index in [1.165, 1.54) is 14.2 Å². The summed E-state index contributed by atoms with van der Waals surface area (Å²) in [6, 6.07) is 14.1. The maximum absolute atomic E-state index is 14.6. The molecule has 1 saturated carbocycles. The molecule has 2 aromatic rings. The van der Waals surface area contributed by atoms with Crippen LogP contribution in [0, 0.1) is 37.5 Å². The van der Waals surface area contributed by atoms with Gasteiger partial charge in [0.25, 0.3) is 0 Å². The summed E-state index contributed by atoms with van der Waals surface area (Å²) in [5.41, 5.74) is 0.828. The minimum Gasteiger partial charge on any atom is -0.468 e. The van der Waals surface area contributed by atoms with Crippen LogP contribution >= 0.6 is 0 Å². The molecule has 3 aliphatic rings. The molecule has 2 aliphatic heterocycles. The molecule has 3 fully saturated rings. The molecular formula is C30H34N2O6. The average Bonchev–Trinajstić information content (AvgIpc) is 3.41. The lowest BCUT2D eigenvalue weighted by Crippen LogP contribution is -2.60. The highest BCUT2D eigenvalue weighted by Crippen LogP contribution is 2.57. The summed E-state index contributed by atoms with van der Waals surface area (Å²) >= 11 is 0. The molecule has 2 N–H and O–H groups in total. The summed E-state index contributed by atoms with van der Waals surface area (Å²) in [4.78, 5) is 55.5. The number of Topliss-reactive ketones (excluding diaryl/α,β-unsaturated/α-hetero) is 2. The Morgan fingerprint density at radius 2 is 0.974 bits per heavy atom. The van der Waals surface area contributed by atoms with E-state index in [0.29, 0.717) is 0 Å². The van der Waals surface area contributed by atoms with E-state index in [1.54, 1.807) is 13.8 Å². The first-order valence-electron chi connectivity index (χ1n) is 12.9. The van der Waals surface area contributed by atoms with Gasteiger partial charge in [0, 0.05) is 23.9 Å². The first-order valence-corrected chi connectivity index (χ1v) is 12.9. The zero-order chi connectivity index (χ0) is 27.6. The number of esters is 2. The van der Waals surface area contributed by atoms with E-state index in [-0.39, 0.29) is 11.6 Å². The number of carbonyl (C=O) groups is 4. The largest absolute Gasteiger partial charge is 0.468 e. The van der Waals surface area contributed by atoms with Crippen LogP contribution in [0.1, 0.15) is 48.2 Å². The predicted octanol–water partition coefficient (Wildman–Crippen LogP) is 2.77. The Morgan fingerprint density at radius 1 is 0.658 bits per heavy atom. The Kier molecular flexibility index (Phi) is 6.31. The third-order valence-corrected chi connectivity index (χ3v) is 8.95. The van der Waals surface area contributed by atoms with Crippen LogP contribution in [-0.4, -0.2) is 48.8 Å². The van der Waals surface area contributed by atoms with Crippen molar-refractivity contribution in [3.05, 3.63) is 70.8 Å². The lowest BCUT2D eigenvalue weighted by molar-refractivity contribution is -0.160. The van der Waals surface area contributed by atoms with Gasteiger partial charge >= 0.3 is 11.9 Å². The molecule has 0 amide bonds. The van der Waals surface area contributed by atoms with Crippen molar-refractivity contribution in [1.82, 2.24) is 10.6 Å². The molecule has 0 radical (unpaired) electrons. The lowest BCUT2D eigenvalue weighted by atomic mass is 9.58. The number of nitrogens with one attached hydrogen (secondary N) is 2. The molecule has 5 rings (SSSR count). The number of methoxy groups -OCH3 is 2. The zero-order valence-corrected chi connectivity index (χ0v) is 22.5. The van der Waals surface area contributed by atoms with Gasteiger partial charge in [0.05, 0.1) is 26.1 Å². The fourth-order valence-corrected chi connectivity index (χ4v) is 7.03. The van der Waals surface area contributed by atoms with Gasteiger partial charge in [-0.15, -0.1) is 0 Å². The summed E-state index contributed by atoms with van der Waals surface area (Å²) in [6.45, 7) is 7.20. The minimum atomic E-state index is -1.42. The average molecular weight is 519 g/mol. The summed E-state index contributed by atoms with van der Waals surface area (Å²) in [6.07, 6.45) is 0. The molecule has 0 aromatic heterocycles. The fourth-order valence-electron chi connectivity index (χ4n) is 7.03. The third-order valence-electron chi connectivity index (χ3n) is 8.95. The Hall–Kier alpha value is -3.36. The minimum absolute atomic E-state index is 0.236. The molecule has 0 spiro atoms. The van der Waals surface area contributed by atoms with Crippen molar-refractivity contribution < 1.29 is 28.7 Å². The van der Waals surface area contributed by atoms with Crippen molar-refractivity contribution in [2.45, 2.75) is 50.9 Å². The maximum Gasteiger partial charge on any atom is 0.326 e. The van der Waals surface area contributed by atoms with E-state index in [0.717, 1.165) is 22.3 Å². The fraction of sp³-hybridized carbons (Fsp3) is 0.467. The molecule has 8 nitrogen and oxygen atoms in total. The molecule has 8 heteroatoms. The number of rotatable bonds is 4. The van der Waals surface area contributed by atoms with Crippen LogP contribution in [-0.2, 0) is 28.7 Å². The quantitative estimate of drug-likeness (QED) is 0.595. The number of ether oxygens (including phenoxy) is 2. The van der Waals surface area contributed by atoms with E-state index < -0.39 is 58.8 Å². The molecule has 2 heterocycles. The lowest BCUT2D eigenvalue weighted by Gasteiger charge is -2.41. The van der Waals surface area contributed by atoms with Crippen LogP contribution in [0.2, 0.25) is 0 Å². The highest BCUT2D eigenvalue weighted by atomic mass is 16.5. The topological polar surface area (TPSA) is 111 Å². The molecule has 2 saturated heterocycles. The van der Waals surface area contributed by atoms with Gasteiger partial charge in [0.1, 0.15) is 22.6 Å². The van der Waals surface area contributed by atoms with E-state index >= 15 is 0 Å². The molecule has 8 atom stereocenters. The van der Waals surface area contributed by atoms with Crippen molar-refractivity contribution in [3.63, 3.8) is 0 Å². The van der Waals surface area contributed by atoms with Crippen LogP contribution in [0.4, 0.5) is 0 Å². The molecule has 0 bridgehead atoms. The van der Waals surface area contributed by atoms with E-state index in [4.69, 9.17) is 9.47 Å². The standard InChI is InChI=1S/C30H34N2O6/c1-15-7-11-17(12-8-15)23-19-21(29(3,31-23)27(35)37-5)26(34)20-22(25(19)33)30(4,28(36)38-6)32-24(20)18-13-9-16(2)10-14-18/h7-14,19-24,31-32H,1-6H3/t19-,20+,21-,22+,23-,24+,29-,30+. The van der Waals surface area contributed by atoms with Crippen molar-refractivity contribution >= 4 is 23.5 Å². The highest BCUT2D eigenvalue weighted by molar-refractivity contribution is 6.08. The normalized spacial score (nSPS) is 35.9. The first-order chi connectivity index (χ1) is 18.0. The summed E-state index contributed by atoms with van der Waals surface area (Å²) in [5.74, 6) is -5.34. The molecule has 200 valence electrons. The first kappa shape index (κ1) is 26.3. The van der Waals surface area contributed by atoms with E-state index in [9.17, 15) is 19.2 Å². The van der Waals surface area contributed by atoms with Gasteiger partial charge in [-0.1, -0.05) is 59.7 Å². The monoisotopic (exact) mass is 518 g/mol. The second kappa shape index (κ2) is 9.13. The molecule has 0 unspecified atom stereocenters. The van der Waals surface area contributed by atoms with Gasteiger partial charge in [0.2, 0.25) is 0 Å². The Bertz CT molecular complexity index is 1200. The van der Waals surface area contributed by atoms with Crippen LogP contribution in [0.15, 0.2) is 48.5 Å². The zero-order valence-electron chi connectivity index (χ0n) is 22.5. The Balaban J connectivity index is 1.69. The molecule has 38 heavy (non-hydrogen) atoms. The summed E-state index contributed by atoms with van der Waals surface area (Å²) < 4.78 is 10.3. The van der Waals surface area contributed by atoms with Crippen molar-refractivity contribution in [3.8, 4) is 0 Å². The number of fused-ring (bicyclic) bond motifs is 2. The van der Waals surface area contributed by atoms with Crippen molar-refractivity contribution in [2.24, 2.45) is 23.7 Å². The van der Waals surface area contributed by atoms with Crippen LogP contribution in [0.3, 0.4) is 0 Å². The number of benzene rings is 2. The van der Waals surface area contributed by atoms with Crippen molar-refractivity contribution in [2.75, 3.05) is 14.2 Å². The van der Waals surface area contributed by atoms with E-state index in [2.05, 4.69) is 10.6 Å². The SMILES string of the molecule is COC(=O)[C@]1(C)N[C@H](c2ccc(C)cc2)[C@@H]2C(=O)[C@@H]3[C@H](C(=O)[C@@H]21)[C@H](c1ccc(C)cc1)N[C@]3(C)C(=O)OC. The number of hydrogen-bond donors (Lipinski definition) is 2. The van der Waals surface area contributed by atoms with Gasteiger partial charge in [-0.2, -0.15) is 0 Å². The van der Waals surface area contributed by atoms with Gasteiger partial charge in [-0.25, -0.2) is 0 Å². The van der Waals surface area contributed by atoms with Crippen LogP contribution in [0.5, 0.6) is 0 Å². The number of carbonyl (C=O) groups excluding carboxylic acids is 4. The van der Waals surface area contributed by atoms with Crippen molar-refractivity contribution in [1.29, 1.82) is 0 Å². The smallest absolute Gasteiger partial charge is 0.326 e. The number of hydrogen-bond acceptors (Lipinski definition) is 8. The van der Waals surface area contributed by atoms with Gasteiger partial charge in [0.15, 0.2) is 0 Å². The van der Waals surface area contributed by atoms with E-state index in [1.807, 2.05) is 62.4 Å². The van der Waals surface area contributed by atoms with Gasteiger partial charge in [-0.05, 0) is 38.8 Å². The second-order valence-electron chi connectivity index (χ2n) is 11.3. The molecule has 1 aliphatic carbocycles.